The van der Waals surface area contributed by atoms with Gasteiger partial charge in [0.1, 0.15) is 0 Å². The number of hydrogen-bond donors (Lipinski definition) is 2. The molecule has 9 nitrogen and oxygen atoms in total. The lowest BCUT2D eigenvalue weighted by Gasteiger charge is -1.97. The smallest absolute Gasteiger partial charge is 0.301 e. The number of nitro groups is 1. The van der Waals surface area contributed by atoms with E-state index in [9.17, 15) is 18.5 Å². The zero-order valence-electron chi connectivity index (χ0n) is 7.55. The summed E-state index contributed by atoms with van der Waals surface area (Å²) in [5.74, 6) is 0. The minimum absolute atomic E-state index is 0.634. The third-order valence-electron chi connectivity index (χ3n) is 1.34. The second kappa shape index (κ2) is 5.72. The Morgan fingerprint density at radius 3 is 2.06 bits per heavy atom. The molecular weight excluding hydrogens is 244 g/mol. The van der Waals surface area contributed by atoms with E-state index < -0.39 is 25.6 Å². The zero-order valence-corrected chi connectivity index (χ0v) is 8.36. The SMILES string of the molecule is O=NO.O=[N+]([O-])c1ccccc1S(=O)(=O)O. The Morgan fingerprint density at radius 1 is 1.31 bits per heavy atom. The van der Waals surface area contributed by atoms with Crippen LogP contribution >= 0.6 is 0 Å². The van der Waals surface area contributed by atoms with Gasteiger partial charge in [-0.05, 0) is 6.07 Å². The molecule has 0 aromatic heterocycles. The lowest BCUT2D eigenvalue weighted by Crippen LogP contribution is -2.02. The summed E-state index contributed by atoms with van der Waals surface area (Å²) in [6.07, 6.45) is 0. The van der Waals surface area contributed by atoms with Gasteiger partial charge in [0, 0.05) is 6.07 Å². The summed E-state index contributed by atoms with van der Waals surface area (Å²) in [7, 11) is -4.52. The van der Waals surface area contributed by atoms with Crippen LogP contribution in [0.1, 0.15) is 0 Å². The fourth-order valence-corrected chi connectivity index (χ4v) is 1.48. The van der Waals surface area contributed by atoms with Crippen LogP contribution in [0, 0.1) is 15.0 Å². The molecule has 0 fully saturated rings. The maximum absolute atomic E-state index is 10.6. The molecule has 0 saturated carbocycles. The van der Waals surface area contributed by atoms with E-state index in [2.05, 4.69) is 0 Å². The van der Waals surface area contributed by atoms with Gasteiger partial charge < -0.3 is 5.21 Å². The predicted molar refractivity (Wildman–Crippen MR) is 50.5 cm³/mol. The number of benzene rings is 1. The minimum atomic E-state index is -4.52. The Morgan fingerprint density at radius 2 is 1.75 bits per heavy atom. The molecule has 1 aromatic carbocycles. The normalized spacial score (nSPS) is 9.81. The van der Waals surface area contributed by atoms with Crippen LogP contribution in [-0.2, 0) is 10.1 Å². The molecule has 0 aliphatic carbocycles. The average molecular weight is 250 g/mol. The molecule has 0 saturated heterocycles. The standard InChI is InChI=1S/C6H5NO5S.HNO2/c8-7(9)5-3-1-2-4-6(5)13(10,11)12;2-1-3/h1-4H,(H,10,11,12);(H,2,3). The fraction of sp³-hybridized carbons (Fsp3) is 0. The van der Waals surface area contributed by atoms with Crippen LogP contribution in [-0.4, -0.2) is 23.1 Å². The van der Waals surface area contributed by atoms with Gasteiger partial charge in [-0.15, -0.1) is 4.91 Å². The summed E-state index contributed by atoms with van der Waals surface area (Å²) < 4.78 is 29.8. The van der Waals surface area contributed by atoms with Gasteiger partial charge in [0.15, 0.2) is 10.2 Å². The highest BCUT2D eigenvalue weighted by Crippen LogP contribution is 2.21. The van der Waals surface area contributed by atoms with Crippen molar-refractivity contribution in [3.8, 4) is 0 Å². The van der Waals surface area contributed by atoms with E-state index in [0.717, 1.165) is 12.1 Å². The molecule has 1 rings (SSSR count). The summed E-state index contributed by atoms with van der Waals surface area (Å²) >= 11 is 0. The highest BCUT2D eigenvalue weighted by atomic mass is 32.2. The predicted octanol–water partition coefficient (Wildman–Crippen LogP) is 0.984. The molecular formula is C6H6N2O7S. The first-order valence-corrected chi connectivity index (χ1v) is 4.96. The Kier molecular flexibility index (Phi) is 4.98. The van der Waals surface area contributed by atoms with Crippen LogP contribution in [0.3, 0.4) is 0 Å². The van der Waals surface area contributed by atoms with E-state index in [4.69, 9.17) is 14.7 Å². The van der Waals surface area contributed by atoms with Gasteiger partial charge in [-0.1, -0.05) is 12.1 Å². The van der Waals surface area contributed by atoms with Crippen molar-refractivity contribution in [2.75, 3.05) is 0 Å². The maximum atomic E-state index is 10.6. The molecule has 16 heavy (non-hydrogen) atoms. The summed E-state index contributed by atoms with van der Waals surface area (Å²) in [4.78, 5) is 16.8. The van der Waals surface area contributed by atoms with Crippen molar-refractivity contribution in [1.29, 1.82) is 0 Å². The average Bonchev–Trinajstić information content (AvgIpc) is 2.17. The van der Waals surface area contributed by atoms with Crippen LogP contribution < -0.4 is 0 Å². The van der Waals surface area contributed by atoms with Crippen molar-refractivity contribution >= 4 is 15.8 Å². The van der Waals surface area contributed by atoms with Gasteiger partial charge >= 0.3 is 10.1 Å². The van der Waals surface area contributed by atoms with Crippen molar-refractivity contribution in [1.82, 2.24) is 0 Å². The Balaban J connectivity index is 0.000000673. The van der Waals surface area contributed by atoms with E-state index >= 15 is 0 Å². The molecule has 0 heterocycles. The summed E-state index contributed by atoms with van der Waals surface area (Å²) in [5.41, 5.74) is -0.634. The van der Waals surface area contributed by atoms with E-state index in [1.54, 1.807) is 0 Å². The van der Waals surface area contributed by atoms with E-state index in [0.29, 0.717) is 0 Å². The van der Waals surface area contributed by atoms with Crippen molar-refractivity contribution < 1.29 is 23.1 Å². The van der Waals surface area contributed by atoms with Crippen molar-refractivity contribution in [2.45, 2.75) is 4.90 Å². The third kappa shape index (κ3) is 3.98. The van der Waals surface area contributed by atoms with E-state index in [-0.39, 0.29) is 0 Å². The zero-order chi connectivity index (χ0) is 12.8. The van der Waals surface area contributed by atoms with Crippen molar-refractivity contribution in [2.24, 2.45) is 5.34 Å². The highest BCUT2D eigenvalue weighted by Gasteiger charge is 2.22. The first-order valence-electron chi connectivity index (χ1n) is 3.52. The number of nitrogens with zero attached hydrogens (tertiary/aromatic N) is 2. The van der Waals surface area contributed by atoms with Gasteiger partial charge in [-0.25, -0.2) is 0 Å². The maximum Gasteiger partial charge on any atom is 0.301 e. The second-order valence-corrected chi connectivity index (χ2v) is 3.67. The lowest BCUT2D eigenvalue weighted by atomic mass is 10.3. The molecule has 0 unspecified atom stereocenters. The molecule has 0 spiro atoms. The van der Waals surface area contributed by atoms with Gasteiger partial charge in [-0.2, -0.15) is 8.42 Å². The van der Waals surface area contributed by atoms with Crippen LogP contribution in [0.2, 0.25) is 0 Å². The Bertz CT molecular complexity index is 483. The summed E-state index contributed by atoms with van der Waals surface area (Å²) in [6.45, 7) is 0. The molecule has 88 valence electrons. The van der Waals surface area contributed by atoms with E-state index in [1.165, 1.54) is 17.5 Å². The molecule has 0 aliphatic heterocycles. The van der Waals surface area contributed by atoms with Crippen molar-refractivity contribution in [3.63, 3.8) is 0 Å². The molecule has 0 amide bonds. The number of para-hydroxylation sites is 1. The molecule has 0 radical (unpaired) electrons. The number of hydrogen-bond acceptors (Lipinski definition) is 6. The monoisotopic (exact) mass is 250 g/mol. The van der Waals surface area contributed by atoms with Crippen LogP contribution in [0.5, 0.6) is 0 Å². The third-order valence-corrected chi connectivity index (χ3v) is 2.24. The Labute approximate surface area is 89.2 Å². The molecule has 0 aliphatic rings. The summed E-state index contributed by atoms with van der Waals surface area (Å²) in [6, 6.07) is 4.57. The molecule has 10 heteroatoms. The van der Waals surface area contributed by atoms with Crippen LogP contribution in [0.15, 0.2) is 34.5 Å². The molecule has 0 bridgehead atoms. The van der Waals surface area contributed by atoms with E-state index in [1.807, 2.05) is 0 Å². The lowest BCUT2D eigenvalue weighted by molar-refractivity contribution is -0.387. The van der Waals surface area contributed by atoms with Gasteiger partial charge in [0.2, 0.25) is 0 Å². The molecule has 2 N–H and O–H groups in total. The Hall–Kier alpha value is -2.07. The van der Waals surface area contributed by atoms with Crippen LogP contribution in [0.25, 0.3) is 0 Å². The fourth-order valence-electron chi connectivity index (χ4n) is 0.826. The van der Waals surface area contributed by atoms with Gasteiger partial charge in [0.05, 0.1) is 4.92 Å². The molecule has 0 atom stereocenters. The molecule has 1 aromatic rings. The first kappa shape index (κ1) is 13.9. The minimum Gasteiger partial charge on any atom is -0.379 e. The van der Waals surface area contributed by atoms with Crippen LogP contribution in [0.4, 0.5) is 5.69 Å². The summed E-state index contributed by atoms with van der Waals surface area (Å²) in [5, 5.41) is 18.2. The highest BCUT2D eigenvalue weighted by molar-refractivity contribution is 7.86. The number of rotatable bonds is 2. The second-order valence-electron chi connectivity index (χ2n) is 2.28. The van der Waals surface area contributed by atoms with Gasteiger partial charge in [-0.3, -0.25) is 14.7 Å². The topological polar surface area (TPSA) is 147 Å². The largest absolute Gasteiger partial charge is 0.379 e. The number of nitro benzene ring substituents is 1. The first-order chi connectivity index (χ1) is 7.34. The van der Waals surface area contributed by atoms with Gasteiger partial charge in [0.25, 0.3) is 5.69 Å². The van der Waals surface area contributed by atoms with Crippen molar-refractivity contribution in [3.05, 3.63) is 39.3 Å². The quantitative estimate of drug-likeness (QED) is 0.344.